The van der Waals surface area contributed by atoms with Gasteiger partial charge in [-0.3, -0.25) is 10.1 Å². The van der Waals surface area contributed by atoms with Crippen LogP contribution < -0.4 is 16.0 Å². The number of nitrogens with one attached hydrogen (secondary N) is 1. The fraction of sp³-hybridized carbons (Fsp3) is 0. The first kappa shape index (κ1) is 7.92. The molecule has 0 fully saturated rings. The van der Waals surface area contributed by atoms with Crippen LogP contribution in [0.3, 0.4) is 0 Å². The number of azo groups is 1. The van der Waals surface area contributed by atoms with Gasteiger partial charge in [0.05, 0.1) is 11.8 Å². The van der Waals surface area contributed by atoms with Gasteiger partial charge in [0.2, 0.25) is 0 Å². The summed E-state index contributed by atoms with van der Waals surface area (Å²) in [5.41, 5.74) is 0.355. The van der Waals surface area contributed by atoms with E-state index < -0.39 is 11.9 Å². The summed E-state index contributed by atoms with van der Waals surface area (Å²) in [7, 11) is 0. The van der Waals surface area contributed by atoms with Gasteiger partial charge < -0.3 is 0 Å². The van der Waals surface area contributed by atoms with Crippen molar-refractivity contribution < 1.29 is 9.59 Å². The third kappa shape index (κ3) is 1.06. The first-order valence-corrected chi connectivity index (χ1v) is 4.10. The van der Waals surface area contributed by atoms with Crippen molar-refractivity contribution in [3.63, 3.8) is 0 Å². The lowest BCUT2D eigenvalue weighted by atomic mass is 10.2. The lowest BCUT2D eigenvalue weighted by Crippen LogP contribution is -2.40. The molecule has 7 heteroatoms. The van der Waals surface area contributed by atoms with Gasteiger partial charge in [-0.05, 0) is 6.07 Å². The molecule has 7 nitrogen and oxygen atoms in total. The Morgan fingerprint density at radius 3 is 3.00 bits per heavy atom. The van der Waals surface area contributed by atoms with E-state index in [2.05, 4.69) is 25.5 Å². The number of rotatable bonds is 0. The van der Waals surface area contributed by atoms with Crippen LogP contribution in [-0.4, -0.2) is 16.9 Å². The summed E-state index contributed by atoms with van der Waals surface area (Å²) in [5.74, 6) is -0.124. The average Bonchev–Trinajstić information content (AvgIpc) is 2.61. The van der Waals surface area contributed by atoms with Crippen LogP contribution >= 0.6 is 0 Å². The summed E-state index contributed by atoms with van der Waals surface area (Å²) in [6, 6.07) is 0.849. The van der Waals surface area contributed by atoms with Crippen LogP contribution in [0.4, 0.5) is 10.6 Å². The molecule has 1 N–H and O–H groups in total. The highest BCUT2D eigenvalue weighted by Crippen LogP contribution is 2.06. The second-order valence-corrected chi connectivity index (χ2v) is 2.99. The minimum atomic E-state index is -0.709. The molecule has 0 atom stereocenters. The predicted octanol–water partition coefficient (Wildman–Crippen LogP) is -0.600. The Morgan fingerprint density at radius 2 is 2.13 bits per heavy atom. The lowest BCUT2D eigenvalue weighted by Gasteiger charge is -2.06. The van der Waals surface area contributed by atoms with E-state index in [4.69, 9.17) is 0 Å². The van der Waals surface area contributed by atoms with Crippen molar-refractivity contribution in [2.45, 2.75) is 0 Å². The van der Waals surface area contributed by atoms with E-state index in [0.29, 0.717) is 11.0 Å². The van der Waals surface area contributed by atoms with Crippen molar-refractivity contribution in [2.75, 3.05) is 0 Å². The van der Waals surface area contributed by atoms with Gasteiger partial charge in [-0.1, -0.05) is 0 Å². The van der Waals surface area contributed by atoms with Crippen LogP contribution in [0.2, 0.25) is 0 Å². The van der Waals surface area contributed by atoms with Crippen molar-refractivity contribution in [2.24, 2.45) is 15.2 Å². The molecule has 0 aromatic carbocycles. The molecule has 0 unspecified atom stereocenters. The predicted molar refractivity (Wildman–Crippen MR) is 46.9 cm³/mol. The maximum absolute atomic E-state index is 11.4. The molecule has 0 radical (unpaired) electrons. The van der Waals surface area contributed by atoms with Crippen LogP contribution in [-0.2, 0) is 0 Å². The van der Waals surface area contributed by atoms with E-state index in [-0.39, 0.29) is 11.1 Å². The number of pyridine rings is 1. The maximum atomic E-state index is 11.4. The standard InChI is InChI=1S/C8H3N5O2/c14-7-4-1-3-2-9-13-5(3)10-6(4)11-8(15)12-7/h1-2H,(H,12,14,15). The molecule has 3 amide bonds. The van der Waals surface area contributed by atoms with Gasteiger partial charge in [0.25, 0.3) is 5.91 Å². The topological polar surface area (TPSA) is 96.1 Å². The zero-order valence-corrected chi connectivity index (χ0v) is 7.26. The minimum Gasteiger partial charge on any atom is -0.272 e. The third-order valence-corrected chi connectivity index (χ3v) is 2.03. The van der Waals surface area contributed by atoms with Crippen molar-refractivity contribution in [1.29, 1.82) is 0 Å². The SMILES string of the molecule is O=C1N=c2nc3c(cc2C(=O)N1)=CN=N3. The lowest BCUT2D eigenvalue weighted by molar-refractivity contribution is 0.0960. The monoisotopic (exact) mass is 201 g/mol. The number of carbonyl (C=O) groups excluding carboxylic acids is 2. The van der Waals surface area contributed by atoms with E-state index in [9.17, 15) is 9.59 Å². The molecule has 72 valence electrons. The molecule has 2 aliphatic rings. The fourth-order valence-corrected chi connectivity index (χ4v) is 1.37. The van der Waals surface area contributed by atoms with Gasteiger partial charge in [0.1, 0.15) is 0 Å². The Kier molecular flexibility index (Phi) is 1.34. The normalized spacial score (nSPS) is 16.3. The Morgan fingerprint density at radius 1 is 1.27 bits per heavy atom. The molecular weight excluding hydrogens is 198 g/mol. The highest BCUT2D eigenvalue weighted by Gasteiger charge is 2.20. The van der Waals surface area contributed by atoms with Crippen LogP contribution in [0.1, 0.15) is 10.4 Å². The van der Waals surface area contributed by atoms with E-state index in [1.54, 1.807) is 6.07 Å². The Bertz CT molecular complexity index is 646. The van der Waals surface area contributed by atoms with Crippen LogP contribution in [0.25, 0.3) is 6.20 Å². The summed E-state index contributed by atoms with van der Waals surface area (Å²) in [4.78, 5) is 29.9. The maximum Gasteiger partial charge on any atom is 0.349 e. The van der Waals surface area contributed by atoms with Gasteiger partial charge in [-0.2, -0.15) is 10.1 Å². The highest BCUT2D eigenvalue weighted by atomic mass is 16.2. The van der Waals surface area contributed by atoms with Gasteiger partial charge >= 0.3 is 6.03 Å². The molecule has 1 aromatic rings. The number of hydrogen-bond acceptors (Lipinski definition) is 5. The second kappa shape index (κ2) is 2.53. The largest absolute Gasteiger partial charge is 0.349 e. The Balaban J connectivity index is 2.42. The van der Waals surface area contributed by atoms with E-state index >= 15 is 0 Å². The number of carbonyl (C=O) groups is 2. The number of urea groups is 1. The number of aromatic nitrogens is 1. The molecular formula is C8H3N5O2. The van der Waals surface area contributed by atoms with Crippen molar-refractivity contribution >= 4 is 24.0 Å². The first-order chi connectivity index (χ1) is 7.24. The van der Waals surface area contributed by atoms with Crippen LogP contribution in [0.5, 0.6) is 0 Å². The molecule has 3 rings (SSSR count). The smallest absolute Gasteiger partial charge is 0.272 e. The summed E-state index contributed by atoms with van der Waals surface area (Å²) >= 11 is 0. The minimum absolute atomic E-state index is 0.0942. The van der Waals surface area contributed by atoms with Crippen LogP contribution in [0, 0.1) is 0 Å². The molecule has 0 spiro atoms. The summed E-state index contributed by atoms with van der Waals surface area (Å²) in [5, 5.41) is 10.1. The molecule has 0 saturated heterocycles. The molecule has 15 heavy (non-hydrogen) atoms. The summed E-state index contributed by atoms with van der Waals surface area (Å²) in [6.45, 7) is 0. The van der Waals surface area contributed by atoms with Crippen LogP contribution in [0.15, 0.2) is 21.3 Å². The second-order valence-electron chi connectivity index (χ2n) is 2.99. The third-order valence-electron chi connectivity index (χ3n) is 2.03. The number of imide groups is 1. The Hall–Kier alpha value is -2.44. The number of hydrogen-bond donors (Lipinski definition) is 1. The average molecular weight is 201 g/mol. The number of amides is 3. The van der Waals surface area contributed by atoms with Gasteiger partial charge in [0, 0.05) is 5.22 Å². The molecule has 0 aliphatic carbocycles. The number of fused-ring (bicyclic) bond motifs is 2. The number of nitrogens with zero attached hydrogens (tertiary/aromatic N) is 4. The quantitative estimate of drug-likeness (QED) is 0.606. The van der Waals surface area contributed by atoms with Crippen molar-refractivity contribution in [1.82, 2.24) is 10.3 Å². The van der Waals surface area contributed by atoms with Gasteiger partial charge in [-0.25, -0.2) is 9.78 Å². The zero-order chi connectivity index (χ0) is 10.4. The van der Waals surface area contributed by atoms with Crippen molar-refractivity contribution in [3.05, 3.63) is 22.3 Å². The van der Waals surface area contributed by atoms with Crippen molar-refractivity contribution in [3.8, 4) is 0 Å². The van der Waals surface area contributed by atoms with E-state index in [1.165, 1.54) is 6.20 Å². The van der Waals surface area contributed by atoms with Gasteiger partial charge in [0.15, 0.2) is 11.3 Å². The molecule has 2 aliphatic heterocycles. The first-order valence-electron chi connectivity index (χ1n) is 4.10. The fourth-order valence-electron chi connectivity index (χ4n) is 1.37. The van der Waals surface area contributed by atoms with E-state index in [1.807, 2.05) is 0 Å². The highest BCUT2D eigenvalue weighted by molar-refractivity contribution is 6.06. The Labute approximate surface area is 82.3 Å². The molecule has 0 saturated carbocycles. The molecule has 1 aromatic heterocycles. The van der Waals surface area contributed by atoms with Gasteiger partial charge in [-0.15, -0.1) is 5.11 Å². The zero-order valence-electron chi connectivity index (χ0n) is 7.26. The molecule has 3 heterocycles. The van der Waals surface area contributed by atoms with E-state index in [0.717, 1.165) is 0 Å². The molecule has 0 bridgehead atoms. The summed E-state index contributed by atoms with van der Waals surface area (Å²) in [6.07, 6.45) is 1.49. The summed E-state index contributed by atoms with van der Waals surface area (Å²) < 4.78 is 0.